The van der Waals surface area contributed by atoms with Crippen molar-refractivity contribution in [3.8, 4) is 0 Å². The summed E-state index contributed by atoms with van der Waals surface area (Å²) in [5.41, 5.74) is 8.21. The molecule has 1 aliphatic heterocycles. The molecule has 0 aliphatic carbocycles. The quantitative estimate of drug-likeness (QED) is 0.616. The number of piperazine rings is 1. The monoisotopic (exact) mass is 247 g/mol. The fraction of sp³-hybridized carbons (Fsp3) is 0.500. The van der Waals surface area contributed by atoms with Crippen LogP contribution in [0.15, 0.2) is 18.2 Å². The average Bonchev–Trinajstić information content (AvgIpc) is 2.26. The summed E-state index contributed by atoms with van der Waals surface area (Å²) in [5.74, 6) is 0.0149. The highest BCUT2D eigenvalue weighted by Gasteiger charge is 2.21. The van der Waals surface area contributed by atoms with Crippen LogP contribution in [0.5, 0.6) is 0 Å². The van der Waals surface area contributed by atoms with E-state index in [0.717, 1.165) is 18.8 Å². The minimum absolute atomic E-state index is 0.0149. The summed E-state index contributed by atoms with van der Waals surface area (Å²) in [6.45, 7) is 7.82. The highest BCUT2D eigenvalue weighted by atomic mass is 16.1. The first-order valence-electron chi connectivity index (χ1n) is 6.39. The molecule has 3 N–H and O–H groups in total. The number of nitrogen functional groups attached to an aromatic ring is 1. The first-order chi connectivity index (χ1) is 8.47. The van der Waals surface area contributed by atoms with E-state index >= 15 is 0 Å². The highest BCUT2D eigenvalue weighted by Crippen LogP contribution is 2.23. The van der Waals surface area contributed by atoms with Crippen molar-refractivity contribution in [1.82, 2.24) is 5.32 Å². The maximum absolute atomic E-state index is 11.4. The summed E-state index contributed by atoms with van der Waals surface area (Å²) in [4.78, 5) is 13.7. The second-order valence-electron chi connectivity index (χ2n) is 5.20. The molecule has 2 atom stereocenters. The van der Waals surface area contributed by atoms with Crippen molar-refractivity contribution >= 4 is 17.2 Å². The summed E-state index contributed by atoms with van der Waals surface area (Å²) >= 11 is 0. The van der Waals surface area contributed by atoms with Crippen LogP contribution < -0.4 is 16.0 Å². The SMILES string of the molecule is CC(=O)c1ccc(N2CC(C)NC(C)C2)cc1N. The molecule has 98 valence electrons. The second kappa shape index (κ2) is 4.98. The molecule has 4 nitrogen and oxygen atoms in total. The van der Waals surface area contributed by atoms with Crippen LogP contribution in [0.2, 0.25) is 0 Å². The van der Waals surface area contributed by atoms with Crippen molar-refractivity contribution in [3.05, 3.63) is 23.8 Å². The van der Waals surface area contributed by atoms with Crippen LogP contribution in [0.1, 0.15) is 31.1 Å². The molecule has 1 aliphatic rings. The van der Waals surface area contributed by atoms with Crippen molar-refractivity contribution in [3.63, 3.8) is 0 Å². The summed E-state index contributed by atoms with van der Waals surface area (Å²) in [5, 5.41) is 3.50. The number of rotatable bonds is 2. The molecule has 0 aromatic heterocycles. The molecule has 18 heavy (non-hydrogen) atoms. The normalized spacial score (nSPS) is 24.1. The lowest BCUT2D eigenvalue weighted by molar-refractivity contribution is 0.101. The number of ketones is 1. The smallest absolute Gasteiger partial charge is 0.161 e. The Morgan fingerprint density at radius 3 is 2.44 bits per heavy atom. The molecule has 2 rings (SSSR count). The Balaban J connectivity index is 2.23. The van der Waals surface area contributed by atoms with Gasteiger partial charge in [-0.25, -0.2) is 0 Å². The van der Waals surface area contributed by atoms with Gasteiger partial charge in [-0.2, -0.15) is 0 Å². The van der Waals surface area contributed by atoms with Crippen molar-refractivity contribution in [1.29, 1.82) is 0 Å². The molecule has 0 bridgehead atoms. The Morgan fingerprint density at radius 2 is 1.94 bits per heavy atom. The molecule has 1 heterocycles. The Hall–Kier alpha value is -1.55. The van der Waals surface area contributed by atoms with Crippen LogP contribution in [-0.4, -0.2) is 31.0 Å². The summed E-state index contributed by atoms with van der Waals surface area (Å²) in [6.07, 6.45) is 0. The van der Waals surface area contributed by atoms with Gasteiger partial charge in [0.15, 0.2) is 5.78 Å². The number of carbonyl (C=O) groups excluding carboxylic acids is 1. The van der Waals surface area contributed by atoms with E-state index in [1.807, 2.05) is 18.2 Å². The van der Waals surface area contributed by atoms with Gasteiger partial charge in [-0.15, -0.1) is 0 Å². The topological polar surface area (TPSA) is 58.4 Å². The molecule has 2 unspecified atom stereocenters. The lowest BCUT2D eigenvalue weighted by Crippen LogP contribution is -2.54. The van der Waals surface area contributed by atoms with Crippen molar-refractivity contribution in [2.24, 2.45) is 0 Å². The summed E-state index contributed by atoms with van der Waals surface area (Å²) in [7, 11) is 0. The first-order valence-corrected chi connectivity index (χ1v) is 6.39. The molecule has 0 amide bonds. The number of anilines is 2. The summed E-state index contributed by atoms with van der Waals surface area (Å²) < 4.78 is 0. The molecule has 1 fully saturated rings. The van der Waals surface area contributed by atoms with Crippen LogP contribution in [0, 0.1) is 0 Å². The third kappa shape index (κ3) is 2.64. The highest BCUT2D eigenvalue weighted by molar-refractivity contribution is 5.99. The molecule has 1 saturated heterocycles. The molecule has 0 saturated carbocycles. The predicted molar refractivity (Wildman–Crippen MR) is 75.1 cm³/mol. The molecular formula is C14H21N3O. The van der Waals surface area contributed by atoms with Gasteiger partial charge < -0.3 is 16.0 Å². The number of nitrogens with zero attached hydrogens (tertiary/aromatic N) is 1. The fourth-order valence-electron chi connectivity index (χ4n) is 2.61. The average molecular weight is 247 g/mol. The minimum Gasteiger partial charge on any atom is -0.398 e. The van der Waals surface area contributed by atoms with Gasteiger partial charge in [0.25, 0.3) is 0 Å². The van der Waals surface area contributed by atoms with Gasteiger partial charge in [-0.3, -0.25) is 4.79 Å². The van der Waals surface area contributed by atoms with Gasteiger partial charge in [0.1, 0.15) is 0 Å². The fourth-order valence-corrected chi connectivity index (χ4v) is 2.61. The predicted octanol–water partition coefficient (Wildman–Crippen LogP) is 1.66. The summed E-state index contributed by atoms with van der Waals surface area (Å²) in [6, 6.07) is 6.63. The number of hydrogen-bond acceptors (Lipinski definition) is 4. The number of hydrogen-bond donors (Lipinski definition) is 2. The Kier molecular flexibility index (Phi) is 3.57. The van der Waals surface area contributed by atoms with Gasteiger partial charge >= 0.3 is 0 Å². The van der Waals surface area contributed by atoms with Crippen molar-refractivity contribution in [2.45, 2.75) is 32.9 Å². The largest absolute Gasteiger partial charge is 0.398 e. The number of nitrogens with one attached hydrogen (secondary N) is 1. The Bertz CT molecular complexity index is 448. The lowest BCUT2D eigenvalue weighted by Gasteiger charge is -2.37. The molecule has 1 aromatic carbocycles. The molecule has 4 heteroatoms. The van der Waals surface area contributed by atoms with Gasteiger partial charge in [-0.05, 0) is 39.0 Å². The van der Waals surface area contributed by atoms with Crippen LogP contribution >= 0.6 is 0 Å². The third-order valence-corrected chi connectivity index (χ3v) is 3.34. The van der Waals surface area contributed by atoms with E-state index in [1.165, 1.54) is 0 Å². The van der Waals surface area contributed by atoms with Crippen LogP contribution in [-0.2, 0) is 0 Å². The van der Waals surface area contributed by atoms with E-state index in [1.54, 1.807) is 6.92 Å². The Morgan fingerprint density at radius 1 is 1.33 bits per heavy atom. The number of benzene rings is 1. The zero-order valence-electron chi connectivity index (χ0n) is 11.2. The second-order valence-corrected chi connectivity index (χ2v) is 5.20. The van der Waals surface area contributed by atoms with Crippen molar-refractivity contribution < 1.29 is 4.79 Å². The minimum atomic E-state index is 0.0149. The third-order valence-electron chi connectivity index (χ3n) is 3.34. The standard InChI is InChI=1S/C14H21N3O/c1-9-7-17(8-10(2)16-9)12-4-5-13(11(3)18)14(15)6-12/h4-6,9-10,16H,7-8,15H2,1-3H3. The van der Waals surface area contributed by atoms with Gasteiger partial charge in [0.2, 0.25) is 0 Å². The first kappa shape index (κ1) is 12.9. The zero-order chi connectivity index (χ0) is 13.3. The van der Waals surface area contributed by atoms with Crippen LogP contribution in [0.4, 0.5) is 11.4 Å². The Labute approximate surface area is 108 Å². The van der Waals surface area contributed by atoms with Crippen LogP contribution in [0.25, 0.3) is 0 Å². The van der Waals surface area contributed by atoms with E-state index in [-0.39, 0.29) is 5.78 Å². The van der Waals surface area contributed by atoms with E-state index in [9.17, 15) is 4.79 Å². The van der Waals surface area contributed by atoms with E-state index in [4.69, 9.17) is 5.73 Å². The van der Waals surface area contributed by atoms with E-state index in [2.05, 4.69) is 24.1 Å². The van der Waals surface area contributed by atoms with Gasteiger partial charge in [0.05, 0.1) is 0 Å². The maximum atomic E-state index is 11.4. The number of carbonyl (C=O) groups is 1. The molecule has 0 spiro atoms. The van der Waals surface area contributed by atoms with Gasteiger partial charge in [0, 0.05) is 42.1 Å². The maximum Gasteiger partial charge on any atom is 0.161 e. The van der Waals surface area contributed by atoms with Gasteiger partial charge in [-0.1, -0.05) is 0 Å². The molecule has 0 radical (unpaired) electrons. The van der Waals surface area contributed by atoms with E-state index < -0.39 is 0 Å². The zero-order valence-corrected chi connectivity index (χ0v) is 11.2. The van der Waals surface area contributed by atoms with Crippen molar-refractivity contribution in [2.75, 3.05) is 23.7 Å². The molecular weight excluding hydrogens is 226 g/mol. The lowest BCUT2D eigenvalue weighted by atomic mass is 10.1. The number of Topliss-reactive ketones (excluding diaryl/α,β-unsaturated/α-hetero) is 1. The van der Waals surface area contributed by atoms with E-state index in [0.29, 0.717) is 23.3 Å². The van der Waals surface area contributed by atoms with Crippen LogP contribution in [0.3, 0.4) is 0 Å². The number of nitrogens with two attached hydrogens (primary N) is 1. The molecule has 1 aromatic rings.